The number of hydrogen-bond donors (Lipinski definition) is 1. The number of aromatic nitrogens is 1. The van der Waals surface area contributed by atoms with Crippen molar-refractivity contribution in [2.24, 2.45) is 0 Å². The van der Waals surface area contributed by atoms with E-state index in [2.05, 4.69) is 17.6 Å². The molecule has 0 bridgehead atoms. The molecule has 19 heavy (non-hydrogen) atoms. The van der Waals surface area contributed by atoms with E-state index < -0.39 is 0 Å². The Balaban J connectivity index is 1.82. The minimum Gasteiger partial charge on any atom is -0.489 e. The van der Waals surface area contributed by atoms with Gasteiger partial charge < -0.3 is 9.64 Å². The summed E-state index contributed by atoms with van der Waals surface area (Å²) in [5, 5.41) is 0.568. The van der Waals surface area contributed by atoms with Gasteiger partial charge in [-0.25, -0.2) is 0 Å². The third-order valence-electron chi connectivity index (χ3n) is 3.10. The van der Waals surface area contributed by atoms with Crippen LogP contribution >= 0.6 is 24.2 Å². The van der Waals surface area contributed by atoms with E-state index in [0.717, 1.165) is 25.9 Å². The molecule has 0 atom stereocenters. The van der Waals surface area contributed by atoms with Gasteiger partial charge in [-0.1, -0.05) is 11.6 Å². The van der Waals surface area contributed by atoms with E-state index >= 15 is 0 Å². The number of rotatable bonds is 4. The van der Waals surface area contributed by atoms with Crippen LogP contribution in [0.4, 0.5) is 0 Å². The largest absolute Gasteiger partial charge is 0.489 e. The van der Waals surface area contributed by atoms with Crippen LogP contribution in [0.5, 0.6) is 5.75 Å². The van der Waals surface area contributed by atoms with E-state index in [1.165, 1.54) is 0 Å². The Morgan fingerprint density at radius 1 is 1.47 bits per heavy atom. The zero-order valence-electron chi connectivity index (χ0n) is 10.6. The Hall–Kier alpha value is -0.940. The number of carbonyl (C=O) groups excluding carboxylic acids is 1. The third kappa shape index (κ3) is 4.28. The Kier molecular flexibility index (Phi) is 5.34. The average Bonchev–Trinajstić information content (AvgIpc) is 2.40. The molecule has 1 aromatic rings. The number of ether oxygens (including phenoxy) is 1. The van der Waals surface area contributed by atoms with Crippen LogP contribution in [0, 0.1) is 0 Å². The van der Waals surface area contributed by atoms with E-state index in [1.807, 2.05) is 4.90 Å². The highest BCUT2D eigenvalue weighted by molar-refractivity contribution is 7.80. The number of likely N-dealkylation sites (tertiary alicyclic amines) is 1. The molecule has 1 aliphatic heterocycles. The van der Waals surface area contributed by atoms with Gasteiger partial charge in [-0.05, 0) is 5.75 Å². The number of pyridine rings is 1. The zero-order valence-corrected chi connectivity index (χ0v) is 12.2. The molecule has 0 radical (unpaired) electrons. The summed E-state index contributed by atoms with van der Waals surface area (Å²) in [6, 6.07) is 1.76. The standard InChI is InChI=1S/C13H17ClN2O2S/c14-10-7-12(9-15-8-10)18-11-1-4-16(5-2-11)13(17)3-6-19/h7-9,11,19H,1-6H2. The number of amides is 1. The first-order valence-corrected chi connectivity index (χ1v) is 7.36. The molecule has 0 saturated carbocycles. The molecule has 1 fully saturated rings. The minimum absolute atomic E-state index is 0.125. The number of carbonyl (C=O) groups is 1. The van der Waals surface area contributed by atoms with Gasteiger partial charge in [0, 0.05) is 44.6 Å². The van der Waals surface area contributed by atoms with Crippen molar-refractivity contribution in [1.29, 1.82) is 0 Å². The fraction of sp³-hybridized carbons (Fsp3) is 0.538. The molecule has 1 aliphatic rings. The maximum atomic E-state index is 11.7. The summed E-state index contributed by atoms with van der Waals surface area (Å²) in [6.45, 7) is 1.48. The molecule has 0 aromatic carbocycles. The van der Waals surface area contributed by atoms with E-state index in [1.54, 1.807) is 18.5 Å². The van der Waals surface area contributed by atoms with Crippen LogP contribution in [0.25, 0.3) is 0 Å². The second-order valence-corrected chi connectivity index (χ2v) is 5.39. The normalized spacial score (nSPS) is 16.4. The lowest BCUT2D eigenvalue weighted by Crippen LogP contribution is -2.41. The van der Waals surface area contributed by atoms with E-state index in [4.69, 9.17) is 16.3 Å². The minimum atomic E-state index is 0.125. The summed E-state index contributed by atoms with van der Waals surface area (Å²) < 4.78 is 5.82. The second kappa shape index (κ2) is 7.01. The molecule has 1 aromatic heterocycles. The number of thiol groups is 1. The highest BCUT2D eigenvalue weighted by Gasteiger charge is 2.23. The monoisotopic (exact) mass is 300 g/mol. The first-order valence-electron chi connectivity index (χ1n) is 6.35. The highest BCUT2D eigenvalue weighted by atomic mass is 35.5. The van der Waals surface area contributed by atoms with Gasteiger partial charge in [-0.15, -0.1) is 0 Å². The molecule has 0 spiro atoms. The Bertz CT molecular complexity index is 436. The zero-order chi connectivity index (χ0) is 13.7. The van der Waals surface area contributed by atoms with Gasteiger partial charge in [-0.3, -0.25) is 9.78 Å². The van der Waals surface area contributed by atoms with Crippen molar-refractivity contribution in [1.82, 2.24) is 9.88 Å². The molecule has 6 heteroatoms. The number of piperidine rings is 1. The molecule has 0 N–H and O–H groups in total. The van der Waals surface area contributed by atoms with Gasteiger partial charge in [-0.2, -0.15) is 12.6 Å². The SMILES string of the molecule is O=C(CCS)N1CCC(Oc2cncc(Cl)c2)CC1. The lowest BCUT2D eigenvalue weighted by Gasteiger charge is -2.32. The molecule has 0 aliphatic carbocycles. The summed E-state index contributed by atoms with van der Waals surface area (Å²) in [6.07, 6.45) is 5.54. The highest BCUT2D eigenvalue weighted by Crippen LogP contribution is 2.21. The van der Waals surface area contributed by atoms with E-state index in [-0.39, 0.29) is 12.0 Å². The van der Waals surface area contributed by atoms with Crippen molar-refractivity contribution in [2.75, 3.05) is 18.8 Å². The van der Waals surface area contributed by atoms with Crippen molar-refractivity contribution in [2.45, 2.75) is 25.4 Å². The average molecular weight is 301 g/mol. The van der Waals surface area contributed by atoms with Crippen LogP contribution in [0.15, 0.2) is 18.5 Å². The topological polar surface area (TPSA) is 42.4 Å². The summed E-state index contributed by atoms with van der Waals surface area (Å²) in [5.41, 5.74) is 0. The first kappa shape index (κ1) is 14.5. The van der Waals surface area contributed by atoms with Crippen LogP contribution in [-0.4, -0.2) is 40.7 Å². The predicted octanol–water partition coefficient (Wildman–Crippen LogP) is 2.42. The maximum Gasteiger partial charge on any atom is 0.223 e. The maximum absolute atomic E-state index is 11.7. The van der Waals surface area contributed by atoms with E-state index in [9.17, 15) is 4.79 Å². The van der Waals surface area contributed by atoms with Crippen molar-refractivity contribution >= 4 is 30.1 Å². The van der Waals surface area contributed by atoms with E-state index in [0.29, 0.717) is 22.9 Å². The van der Waals surface area contributed by atoms with Gasteiger partial charge in [0.15, 0.2) is 0 Å². The summed E-state index contributed by atoms with van der Waals surface area (Å²) in [5.74, 6) is 1.47. The van der Waals surface area contributed by atoms with Crippen molar-refractivity contribution < 1.29 is 9.53 Å². The molecular weight excluding hydrogens is 284 g/mol. The molecule has 2 rings (SSSR count). The Morgan fingerprint density at radius 2 is 2.21 bits per heavy atom. The quantitative estimate of drug-likeness (QED) is 0.869. The lowest BCUT2D eigenvalue weighted by molar-refractivity contribution is -0.132. The van der Waals surface area contributed by atoms with Gasteiger partial charge >= 0.3 is 0 Å². The number of halogens is 1. The Morgan fingerprint density at radius 3 is 2.84 bits per heavy atom. The second-order valence-electron chi connectivity index (χ2n) is 4.51. The van der Waals surface area contributed by atoms with Crippen LogP contribution in [0.3, 0.4) is 0 Å². The first-order chi connectivity index (χ1) is 9.19. The Labute approximate surface area is 123 Å². The molecule has 4 nitrogen and oxygen atoms in total. The summed E-state index contributed by atoms with van der Waals surface area (Å²) in [4.78, 5) is 17.6. The van der Waals surface area contributed by atoms with Crippen LogP contribution in [-0.2, 0) is 4.79 Å². The number of nitrogens with zero attached hydrogens (tertiary/aromatic N) is 2. The summed E-state index contributed by atoms with van der Waals surface area (Å²) >= 11 is 9.94. The molecule has 1 saturated heterocycles. The molecule has 0 unspecified atom stereocenters. The van der Waals surface area contributed by atoms with Crippen LogP contribution in [0.2, 0.25) is 5.02 Å². The summed E-state index contributed by atoms with van der Waals surface area (Å²) in [7, 11) is 0. The van der Waals surface area contributed by atoms with Crippen LogP contribution < -0.4 is 4.74 Å². The fourth-order valence-corrected chi connectivity index (χ4v) is 2.48. The third-order valence-corrected chi connectivity index (χ3v) is 3.53. The molecule has 2 heterocycles. The van der Waals surface area contributed by atoms with Gasteiger partial charge in [0.25, 0.3) is 0 Å². The van der Waals surface area contributed by atoms with Crippen molar-refractivity contribution in [3.63, 3.8) is 0 Å². The fourth-order valence-electron chi connectivity index (χ4n) is 2.13. The van der Waals surface area contributed by atoms with Gasteiger partial charge in [0.1, 0.15) is 11.9 Å². The van der Waals surface area contributed by atoms with Gasteiger partial charge in [0.05, 0.1) is 11.2 Å². The lowest BCUT2D eigenvalue weighted by atomic mass is 10.1. The molecular formula is C13H17ClN2O2S. The van der Waals surface area contributed by atoms with Crippen molar-refractivity contribution in [3.8, 4) is 5.75 Å². The molecule has 1 amide bonds. The van der Waals surface area contributed by atoms with Gasteiger partial charge in [0.2, 0.25) is 5.91 Å². The van der Waals surface area contributed by atoms with Crippen LogP contribution in [0.1, 0.15) is 19.3 Å². The molecule has 104 valence electrons. The number of hydrogen-bond acceptors (Lipinski definition) is 4. The van der Waals surface area contributed by atoms with Crippen molar-refractivity contribution in [3.05, 3.63) is 23.5 Å². The smallest absolute Gasteiger partial charge is 0.223 e. The predicted molar refractivity (Wildman–Crippen MR) is 77.9 cm³/mol.